The lowest BCUT2D eigenvalue weighted by atomic mass is 10.0. The van der Waals surface area contributed by atoms with Crippen molar-refractivity contribution in [3.8, 4) is 0 Å². The Kier molecular flexibility index (Phi) is 20.9. The minimum absolute atomic E-state index is 0.0174. The first-order chi connectivity index (χ1) is 29.7. The average Bonchev–Trinajstić information content (AvgIpc) is 4.04. The van der Waals surface area contributed by atoms with Crippen LogP contribution in [0.5, 0.6) is 0 Å². The number of ether oxygens (including phenoxy) is 2. The third-order valence-electron chi connectivity index (χ3n) is 9.17. The molecule has 0 radical (unpaired) electrons. The van der Waals surface area contributed by atoms with E-state index in [9.17, 15) is 33.6 Å². The maximum absolute atomic E-state index is 12.6. The number of carbonyl (C=O) groups is 7. The molecule has 8 N–H and O–H groups in total. The van der Waals surface area contributed by atoms with Gasteiger partial charge in [-0.1, -0.05) is 26.0 Å². The predicted molar refractivity (Wildman–Crippen MR) is 225 cm³/mol. The van der Waals surface area contributed by atoms with Crippen LogP contribution >= 0.6 is 0 Å². The summed E-state index contributed by atoms with van der Waals surface area (Å²) >= 11 is 0. The number of aliphatic hydroxyl groups excluding tert-OH is 2. The van der Waals surface area contributed by atoms with Crippen LogP contribution in [0.25, 0.3) is 11.2 Å². The molecular formula is C40H57N11O11. The number of nitrogens with one attached hydrogen (secondary N) is 6. The Hall–Kier alpha value is -6.52. The summed E-state index contributed by atoms with van der Waals surface area (Å²) in [5.74, 6) is -2.04. The van der Waals surface area contributed by atoms with Gasteiger partial charge in [0, 0.05) is 65.0 Å². The molecule has 3 unspecified atom stereocenters. The number of benzene rings is 1. The van der Waals surface area contributed by atoms with Gasteiger partial charge in [-0.05, 0) is 42.9 Å². The SMILES string of the molecule is CC(=O)NC1COCC(O)C1.CC(C)C(NC(=O)CCN1C(=O)C=CC1=O)C(=O)NCC(=O)Nc1ccc(COC(=O)N2CCCC2)cc1.CNc1ncnc2nc[nH]c12.CO. The Balaban J connectivity index is 0.000000341. The van der Waals surface area contributed by atoms with Crippen LogP contribution in [0.2, 0.25) is 0 Å². The second kappa shape index (κ2) is 26.0. The number of imide groups is 1. The summed E-state index contributed by atoms with van der Waals surface area (Å²) in [4.78, 5) is 101. The zero-order valence-electron chi connectivity index (χ0n) is 35.5. The van der Waals surface area contributed by atoms with Crippen LogP contribution in [-0.2, 0) is 44.8 Å². The number of amides is 7. The molecule has 338 valence electrons. The van der Waals surface area contributed by atoms with E-state index in [2.05, 4.69) is 46.5 Å². The van der Waals surface area contributed by atoms with Crippen molar-refractivity contribution in [2.45, 2.75) is 71.2 Å². The maximum Gasteiger partial charge on any atom is 0.410 e. The van der Waals surface area contributed by atoms with E-state index in [1.54, 1.807) is 49.3 Å². The first-order valence-corrected chi connectivity index (χ1v) is 19.9. The van der Waals surface area contributed by atoms with Crippen LogP contribution in [0, 0.1) is 5.92 Å². The highest BCUT2D eigenvalue weighted by atomic mass is 16.6. The lowest BCUT2D eigenvalue weighted by molar-refractivity contribution is -0.137. The number of aliphatic hydroxyl groups is 2. The first kappa shape index (κ1) is 49.8. The standard InChI is InChI=1S/C26H33N5O7.C7H13NO3.C6H7N5.CH4O/c1-17(2)24(29-20(32)11-14-31-22(34)9-10-23(31)35)25(36)27-15-21(33)28-19-7-5-18(6-8-19)16-38-26(37)30-12-3-4-13-30;1-5(9)8-6-2-7(10)4-11-3-6;1-7-5-4-6(10-2-8-4)11-3-9-5;1-2/h5-10,17,24H,3-4,11-16H2,1-2H3,(H,27,36)(H,28,33)(H,29,32);6-7,10H,2-4H2,1H3,(H,8,9);2-3H,1H3,(H2,7,8,9,10,11);2H,1H3. The largest absolute Gasteiger partial charge is 0.445 e. The number of hydrogen-bond acceptors (Lipinski definition) is 15. The van der Waals surface area contributed by atoms with Gasteiger partial charge in [0.05, 0.1) is 38.2 Å². The van der Waals surface area contributed by atoms with E-state index in [0.29, 0.717) is 44.1 Å². The van der Waals surface area contributed by atoms with Gasteiger partial charge in [-0.2, -0.15) is 0 Å². The molecule has 22 nitrogen and oxygen atoms in total. The van der Waals surface area contributed by atoms with Gasteiger partial charge in [-0.3, -0.25) is 33.7 Å². The van der Waals surface area contributed by atoms with Crippen LogP contribution in [0.4, 0.5) is 16.3 Å². The molecule has 0 bridgehead atoms. The number of likely N-dealkylation sites (tertiary alicyclic amines) is 1. The van der Waals surface area contributed by atoms with Crippen molar-refractivity contribution < 1.29 is 53.2 Å². The smallest absolute Gasteiger partial charge is 0.410 e. The molecule has 3 atom stereocenters. The molecule has 0 saturated carbocycles. The normalized spacial score (nSPS) is 17.0. The Morgan fingerprint density at radius 1 is 0.968 bits per heavy atom. The van der Waals surface area contributed by atoms with Gasteiger partial charge in [0.15, 0.2) is 11.5 Å². The average molecular weight is 868 g/mol. The number of aromatic amines is 1. The van der Waals surface area contributed by atoms with Crippen LogP contribution < -0.4 is 26.6 Å². The minimum atomic E-state index is -0.902. The van der Waals surface area contributed by atoms with E-state index in [-0.39, 0.29) is 50.1 Å². The molecule has 3 aliphatic heterocycles. The van der Waals surface area contributed by atoms with Gasteiger partial charge in [-0.25, -0.2) is 19.7 Å². The summed E-state index contributed by atoms with van der Waals surface area (Å²) in [5, 5.41) is 29.5. The summed E-state index contributed by atoms with van der Waals surface area (Å²) < 4.78 is 10.3. The van der Waals surface area contributed by atoms with Crippen molar-refractivity contribution in [3.63, 3.8) is 0 Å². The number of fused-ring (bicyclic) bond motifs is 1. The van der Waals surface area contributed by atoms with Crippen molar-refractivity contribution in [2.24, 2.45) is 5.92 Å². The van der Waals surface area contributed by atoms with Crippen molar-refractivity contribution in [2.75, 3.05) is 64.2 Å². The number of H-pyrrole nitrogens is 1. The van der Waals surface area contributed by atoms with Gasteiger partial charge in [0.2, 0.25) is 23.6 Å². The lowest BCUT2D eigenvalue weighted by Gasteiger charge is -2.26. The van der Waals surface area contributed by atoms with E-state index in [1.165, 1.54) is 13.3 Å². The molecule has 1 aromatic carbocycles. The Morgan fingerprint density at radius 3 is 2.26 bits per heavy atom. The van der Waals surface area contributed by atoms with E-state index >= 15 is 0 Å². The highest BCUT2D eigenvalue weighted by Crippen LogP contribution is 2.15. The van der Waals surface area contributed by atoms with Crippen LogP contribution in [0.1, 0.15) is 52.0 Å². The molecule has 2 aromatic heterocycles. The highest BCUT2D eigenvalue weighted by Gasteiger charge is 2.27. The number of hydrogen-bond donors (Lipinski definition) is 8. The molecule has 3 aliphatic rings. The Bertz CT molecular complexity index is 1970. The van der Waals surface area contributed by atoms with Crippen molar-refractivity contribution in [1.82, 2.24) is 45.7 Å². The van der Waals surface area contributed by atoms with Gasteiger partial charge in [0.25, 0.3) is 11.8 Å². The first-order valence-electron chi connectivity index (χ1n) is 19.9. The van der Waals surface area contributed by atoms with Crippen LogP contribution in [-0.4, -0.2) is 153 Å². The molecule has 62 heavy (non-hydrogen) atoms. The zero-order valence-corrected chi connectivity index (χ0v) is 35.5. The van der Waals surface area contributed by atoms with E-state index in [1.807, 2.05) is 7.05 Å². The van der Waals surface area contributed by atoms with Gasteiger partial charge >= 0.3 is 6.09 Å². The summed E-state index contributed by atoms with van der Waals surface area (Å²) in [6.07, 6.45) is 7.01. The summed E-state index contributed by atoms with van der Waals surface area (Å²) in [6, 6.07) is 5.88. The number of imidazole rings is 1. The predicted octanol–water partition coefficient (Wildman–Crippen LogP) is 0.205. The van der Waals surface area contributed by atoms with Gasteiger partial charge in [0.1, 0.15) is 24.5 Å². The molecule has 6 rings (SSSR count). The fourth-order valence-corrected chi connectivity index (χ4v) is 6.10. The molecule has 0 spiro atoms. The molecular weight excluding hydrogens is 811 g/mol. The minimum Gasteiger partial charge on any atom is -0.445 e. The number of nitrogens with zero attached hydrogens (tertiary/aromatic N) is 5. The number of carbonyl (C=O) groups excluding carboxylic acids is 7. The number of aromatic nitrogens is 4. The van der Waals surface area contributed by atoms with Crippen LogP contribution in [0.15, 0.2) is 49.1 Å². The fraction of sp³-hybridized carbons (Fsp3) is 0.500. The number of rotatable bonds is 13. The zero-order chi connectivity index (χ0) is 45.6. The topological polar surface area (TPSA) is 300 Å². The van der Waals surface area contributed by atoms with E-state index in [4.69, 9.17) is 19.7 Å². The second-order valence-corrected chi connectivity index (χ2v) is 14.3. The summed E-state index contributed by atoms with van der Waals surface area (Å²) in [5.41, 5.74) is 2.81. The monoisotopic (exact) mass is 867 g/mol. The Labute approximate surface area is 358 Å². The molecule has 2 saturated heterocycles. The molecule has 5 heterocycles. The van der Waals surface area contributed by atoms with E-state index in [0.717, 1.165) is 53.9 Å². The summed E-state index contributed by atoms with van der Waals surface area (Å²) in [7, 11) is 2.81. The van der Waals surface area contributed by atoms with Crippen molar-refractivity contribution in [3.05, 3.63) is 54.6 Å². The Morgan fingerprint density at radius 2 is 1.65 bits per heavy atom. The number of anilines is 2. The maximum atomic E-state index is 12.6. The molecule has 7 amide bonds. The fourth-order valence-electron chi connectivity index (χ4n) is 6.10. The third kappa shape index (κ3) is 16.5. The van der Waals surface area contributed by atoms with Gasteiger partial charge in [-0.15, -0.1) is 0 Å². The van der Waals surface area contributed by atoms with Crippen molar-refractivity contribution in [1.29, 1.82) is 0 Å². The van der Waals surface area contributed by atoms with E-state index < -0.39 is 41.7 Å². The molecule has 22 heteroatoms. The summed E-state index contributed by atoms with van der Waals surface area (Å²) in [6.45, 7) is 6.99. The highest BCUT2D eigenvalue weighted by molar-refractivity contribution is 6.13. The van der Waals surface area contributed by atoms with Gasteiger partial charge < -0.3 is 56.2 Å². The molecule has 3 aromatic rings. The second-order valence-electron chi connectivity index (χ2n) is 14.3. The quantitative estimate of drug-likeness (QED) is 0.107. The third-order valence-corrected chi connectivity index (χ3v) is 9.17. The van der Waals surface area contributed by atoms with Crippen molar-refractivity contribution >= 4 is 64.2 Å². The molecule has 2 fully saturated rings. The molecule has 0 aliphatic carbocycles. The lowest BCUT2D eigenvalue weighted by Crippen LogP contribution is -2.51. The van der Waals surface area contributed by atoms with Crippen LogP contribution in [0.3, 0.4) is 0 Å².